The molecule has 0 aromatic heterocycles. The first-order valence-corrected chi connectivity index (χ1v) is 6.46. The molecule has 0 fully saturated rings. The molecule has 0 bridgehead atoms. The van der Waals surface area contributed by atoms with Crippen LogP contribution in [0, 0.1) is 0 Å². The molecule has 6 N–H and O–H groups in total. The first-order chi connectivity index (χ1) is 8.03. The van der Waals surface area contributed by atoms with Crippen LogP contribution in [0.25, 0.3) is 0 Å². The van der Waals surface area contributed by atoms with E-state index in [1.807, 2.05) is 0 Å². The number of para-hydroxylation sites is 2. The van der Waals surface area contributed by atoms with Gasteiger partial charge >= 0.3 is 0 Å². The van der Waals surface area contributed by atoms with Gasteiger partial charge in [0.05, 0.1) is 21.2 Å². The number of hydrogen-bond donors (Lipinski definition) is 2. The third-order valence-corrected chi connectivity index (χ3v) is 4.32. The van der Waals surface area contributed by atoms with Gasteiger partial charge in [0, 0.05) is 0 Å². The van der Waals surface area contributed by atoms with E-state index in [0.29, 0.717) is 0 Å². The van der Waals surface area contributed by atoms with Gasteiger partial charge in [0.25, 0.3) is 0 Å². The quantitative estimate of drug-likeness (QED) is 0.783. The number of rotatable bonds is 2. The summed E-state index contributed by atoms with van der Waals surface area (Å²) >= 11 is 0. The van der Waals surface area contributed by atoms with Gasteiger partial charge < -0.3 is 16.9 Å². The van der Waals surface area contributed by atoms with Crippen molar-refractivity contribution in [3.63, 3.8) is 0 Å². The summed E-state index contributed by atoms with van der Waals surface area (Å²) in [4.78, 5) is 0.163. The lowest BCUT2D eigenvalue weighted by Gasteiger charge is -2.09. The molecule has 18 heavy (non-hydrogen) atoms. The Labute approximate surface area is 105 Å². The molecule has 0 unspecified atom stereocenters. The highest BCUT2D eigenvalue weighted by Gasteiger charge is 2.21. The molecule has 0 aliphatic carbocycles. The van der Waals surface area contributed by atoms with Crippen LogP contribution in [-0.2, 0) is 9.84 Å². The summed E-state index contributed by atoms with van der Waals surface area (Å²) in [5.74, 6) is 0. The summed E-state index contributed by atoms with van der Waals surface area (Å²) < 4.78 is 24.6. The molecule has 0 aliphatic rings. The van der Waals surface area contributed by atoms with Gasteiger partial charge in [0.15, 0.2) is 0 Å². The first-order valence-electron chi connectivity index (χ1n) is 4.97. The second-order valence-electron chi connectivity index (χ2n) is 3.58. The minimum absolute atomic E-state index is 0. The van der Waals surface area contributed by atoms with Gasteiger partial charge in [-0.1, -0.05) is 24.3 Å². The van der Waals surface area contributed by atoms with Crippen LogP contribution in [0.2, 0.25) is 0 Å². The van der Waals surface area contributed by atoms with E-state index in [-0.39, 0.29) is 26.6 Å². The molecule has 0 spiro atoms. The molecular formula is C12H14N2O3S. The van der Waals surface area contributed by atoms with E-state index in [2.05, 4.69) is 0 Å². The van der Waals surface area contributed by atoms with E-state index in [1.165, 1.54) is 12.1 Å². The van der Waals surface area contributed by atoms with Crippen molar-refractivity contribution < 1.29 is 13.9 Å². The Bertz CT molecular complexity index is 602. The van der Waals surface area contributed by atoms with E-state index in [4.69, 9.17) is 11.5 Å². The maximum atomic E-state index is 12.3. The second kappa shape index (κ2) is 5.07. The number of benzene rings is 2. The molecule has 0 aliphatic heterocycles. The standard InChI is InChI=1S/C12H12N2O2S.H2O/c13-9-5-1-3-7-11(9)17(15,16)12-8-4-2-6-10(12)14;/h1-8H,13-14H2;1H2. The van der Waals surface area contributed by atoms with Crippen LogP contribution in [-0.4, -0.2) is 13.9 Å². The Hall–Kier alpha value is -2.05. The monoisotopic (exact) mass is 266 g/mol. The minimum Gasteiger partial charge on any atom is -0.412 e. The molecule has 0 heterocycles. The lowest BCUT2D eigenvalue weighted by molar-refractivity contribution is 0.597. The molecule has 2 rings (SSSR count). The lowest BCUT2D eigenvalue weighted by Crippen LogP contribution is -2.07. The third-order valence-electron chi connectivity index (χ3n) is 2.42. The summed E-state index contributed by atoms with van der Waals surface area (Å²) in [5, 5.41) is 0. The van der Waals surface area contributed by atoms with E-state index >= 15 is 0 Å². The summed E-state index contributed by atoms with van der Waals surface area (Å²) in [5.41, 5.74) is 11.8. The van der Waals surface area contributed by atoms with Gasteiger partial charge in [-0.25, -0.2) is 8.42 Å². The predicted octanol–water partition coefficient (Wildman–Crippen LogP) is 0.859. The largest absolute Gasteiger partial charge is 0.412 e. The molecule has 0 saturated heterocycles. The SMILES string of the molecule is Nc1ccccc1S(=O)(=O)c1ccccc1N.O. The van der Waals surface area contributed by atoms with Crippen LogP contribution in [0.1, 0.15) is 0 Å². The lowest BCUT2D eigenvalue weighted by atomic mass is 10.3. The zero-order valence-electron chi connectivity index (χ0n) is 9.50. The fourth-order valence-electron chi connectivity index (χ4n) is 1.57. The molecule has 5 nitrogen and oxygen atoms in total. The molecule has 0 radical (unpaired) electrons. The van der Waals surface area contributed by atoms with Crippen LogP contribution in [0.3, 0.4) is 0 Å². The normalized spacial score (nSPS) is 10.7. The van der Waals surface area contributed by atoms with Crippen molar-refractivity contribution in [2.75, 3.05) is 11.5 Å². The molecule has 0 atom stereocenters. The van der Waals surface area contributed by atoms with E-state index < -0.39 is 9.84 Å². The Morgan fingerprint density at radius 3 is 1.39 bits per heavy atom. The van der Waals surface area contributed by atoms with Crippen molar-refractivity contribution in [1.82, 2.24) is 0 Å². The molecule has 0 amide bonds. The number of anilines is 2. The van der Waals surface area contributed by atoms with Gasteiger partial charge in [-0.15, -0.1) is 0 Å². The molecule has 2 aromatic rings. The van der Waals surface area contributed by atoms with Crippen molar-refractivity contribution in [2.45, 2.75) is 9.79 Å². The fraction of sp³-hybridized carbons (Fsp3) is 0. The molecular weight excluding hydrogens is 252 g/mol. The number of hydrogen-bond acceptors (Lipinski definition) is 4. The maximum absolute atomic E-state index is 12.3. The summed E-state index contributed by atoms with van der Waals surface area (Å²) in [6.45, 7) is 0. The van der Waals surface area contributed by atoms with Crippen LogP contribution in [0.15, 0.2) is 58.3 Å². The average Bonchev–Trinajstić information content (AvgIpc) is 2.29. The topological polar surface area (TPSA) is 118 Å². The van der Waals surface area contributed by atoms with Crippen LogP contribution >= 0.6 is 0 Å². The van der Waals surface area contributed by atoms with Crippen LogP contribution in [0.5, 0.6) is 0 Å². The van der Waals surface area contributed by atoms with Crippen molar-refractivity contribution in [3.8, 4) is 0 Å². The van der Waals surface area contributed by atoms with Crippen molar-refractivity contribution in [3.05, 3.63) is 48.5 Å². The highest BCUT2D eigenvalue weighted by Crippen LogP contribution is 2.28. The van der Waals surface area contributed by atoms with Crippen LogP contribution in [0.4, 0.5) is 11.4 Å². The zero-order chi connectivity index (χ0) is 12.5. The fourth-order valence-corrected chi connectivity index (χ4v) is 3.08. The average molecular weight is 266 g/mol. The smallest absolute Gasteiger partial charge is 0.210 e. The third kappa shape index (κ3) is 2.29. The van der Waals surface area contributed by atoms with Crippen LogP contribution < -0.4 is 11.5 Å². The van der Waals surface area contributed by atoms with Gasteiger partial charge in [-0.3, -0.25) is 0 Å². The summed E-state index contributed by atoms with van der Waals surface area (Å²) in [6, 6.07) is 12.7. The van der Waals surface area contributed by atoms with Crippen molar-refractivity contribution in [1.29, 1.82) is 0 Å². The predicted molar refractivity (Wildman–Crippen MR) is 70.8 cm³/mol. The molecule has 96 valence electrons. The number of sulfone groups is 1. The second-order valence-corrected chi connectivity index (χ2v) is 5.47. The Morgan fingerprint density at radius 1 is 0.722 bits per heavy atom. The zero-order valence-corrected chi connectivity index (χ0v) is 10.3. The van der Waals surface area contributed by atoms with Crippen molar-refractivity contribution >= 4 is 21.2 Å². The Kier molecular flexibility index (Phi) is 3.95. The first kappa shape index (κ1) is 14.0. The minimum atomic E-state index is -3.65. The highest BCUT2D eigenvalue weighted by atomic mass is 32.2. The van der Waals surface area contributed by atoms with Gasteiger partial charge in [0.1, 0.15) is 0 Å². The Morgan fingerprint density at radius 2 is 1.06 bits per heavy atom. The van der Waals surface area contributed by atoms with E-state index in [9.17, 15) is 8.42 Å². The summed E-state index contributed by atoms with van der Waals surface area (Å²) in [6.07, 6.45) is 0. The molecule has 6 heteroatoms. The number of nitrogens with two attached hydrogens (primary N) is 2. The maximum Gasteiger partial charge on any atom is 0.210 e. The van der Waals surface area contributed by atoms with Crippen molar-refractivity contribution in [2.24, 2.45) is 0 Å². The summed E-state index contributed by atoms with van der Waals surface area (Å²) in [7, 11) is -3.65. The van der Waals surface area contributed by atoms with E-state index in [0.717, 1.165) is 0 Å². The van der Waals surface area contributed by atoms with E-state index in [1.54, 1.807) is 36.4 Å². The number of nitrogen functional groups attached to an aromatic ring is 2. The van der Waals surface area contributed by atoms with Gasteiger partial charge in [-0.2, -0.15) is 0 Å². The van der Waals surface area contributed by atoms with Gasteiger partial charge in [0.2, 0.25) is 9.84 Å². The highest BCUT2D eigenvalue weighted by molar-refractivity contribution is 7.91. The Balaban J connectivity index is 0.00000162. The van der Waals surface area contributed by atoms with Gasteiger partial charge in [-0.05, 0) is 24.3 Å². The molecule has 0 saturated carbocycles. The molecule has 2 aromatic carbocycles.